The number of halogens is 2. The SMILES string of the molecule is CC[C@@H](C)NC(=O)[C@H](Cc1ccccc1)N(Cc1ccc(Br)cc1)C(=O)COc1ccc(I)cc1. The maximum Gasteiger partial charge on any atom is 0.261 e. The summed E-state index contributed by atoms with van der Waals surface area (Å²) in [6, 6.07) is 24.4. The van der Waals surface area contributed by atoms with E-state index in [1.165, 1.54) is 0 Å². The van der Waals surface area contributed by atoms with Crippen LogP contribution in [0.4, 0.5) is 0 Å². The molecule has 2 amide bonds. The van der Waals surface area contributed by atoms with Crippen LogP contribution in [0.3, 0.4) is 0 Å². The van der Waals surface area contributed by atoms with Crippen LogP contribution < -0.4 is 10.1 Å². The van der Waals surface area contributed by atoms with E-state index in [9.17, 15) is 9.59 Å². The summed E-state index contributed by atoms with van der Waals surface area (Å²) < 4.78 is 7.85. The number of ether oxygens (including phenoxy) is 1. The van der Waals surface area contributed by atoms with Crippen LogP contribution in [0.5, 0.6) is 5.75 Å². The summed E-state index contributed by atoms with van der Waals surface area (Å²) in [5.74, 6) is 0.209. The number of hydrogen-bond donors (Lipinski definition) is 1. The second-order valence-corrected chi connectivity index (χ2v) is 10.6. The van der Waals surface area contributed by atoms with Gasteiger partial charge in [-0.25, -0.2) is 0 Å². The maximum atomic E-state index is 13.6. The molecule has 3 aromatic rings. The summed E-state index contributed by atoms with van der Waals surface area (Å²) in [4.78, 5) is 28.7. The molecule has 0 saturated carbocycles. The molecule has 5 nitrogen and oxygen atoms in total. The van der Waals surface area contributed by atoms with Gasteiger partial charge in [-0.3, -0.25) is 9.59 Å². The van der Waals surface area contributed by atoms with Gasteiger partial charge in [-0.1, -0.05) is 65.3 Å². The first-order chi connectivity index (χ1) is 16.9. The molecule has 0 spiro atoms. The summed E-state index contributed by atoms with van der Waals surface area (Å²) in [7, 11) is 0. The number of nitrogens with one attached hydrogen (secondary N) is 1. The van der Waals surface area contributed by atoms with Crippen molar-refractivity contribution in [1.82, 2.24) is 10.2 Å². The fourth-order valence-electron chi connectivity index (χ4n) is 3.54. The van der Waals surface area contributed by atoms with Gasteiger partial charge >= 0.3 is 0 Å². The van der Waals surface area contributed by atoms with Crippen molar-refractivity contribution in [3.05, 3.63) is 98.0 Å². The van der Waals surface area contributed by atoms with E-state index in [1.54, 1.807) is 4.90 Å². The van der Waals surface area contributed by atoms with Crippen LogP contribution in [0.2, 0.25) is 0 Å². The Morgan fingerprint density at radius 1 is 0.971 bits per heavy atom. The van der Waals surface area contributed by atoms with Crippen LogP contribution in [0.25, 0.3) is 0 Å². The molecule has 0 fully saturated rings. The highest BCUT2D eigenvalue weighted by molar-refractivity contribution is 14.1. The molecule has 0 aliphatic heterocycles. The Hall–Kier alpha value is -2.39. The van der Waals surface area contributed by atoms with E-state index in [0.29, 0.717) is 18.7 Å². The van der Waals surface area contributed by atoms with Crippen LogP contribution in [-0.4, -0.2) is 35.4 Å². The molecular weight excluding hydrogens is 619 g/mol. The minimum atomic E-state index is -0.678. The van der Waals surface area contributed by atoms with E-state index in [2.05, 4.69) is 43.8 Å². The summed E-state index contributed by atoms with van der Waals surface area (Å²) >= 11 is 5.69. The van der Waals surface area contributed by atoms with Gasteiger partial charge in [0, 0.05) is 27.1 Å². The van der Waals surface area contributed by atoms with E-state index in [0.717, 1.165) is 25.6 Å². The topological polar surface area (TPSA) is 58.6 Å². The average molecular weight is 649 g/mol. The monoisotopic (exact) mass is 648 g/mol. The molecule has 0 heterocycles. The zero-order valence-electron chi connectivity index (χ0n) is 19.9. The van der Waals surface area contributed by atoms with Gasteiger partial charge < -0.3 is 15.0 Å². The number of benzene rings is 3. The van der Waals surface area contributed by atoms with Gasteiger partial charge in [0.1, 0.15) is 11.8 Å². The third-order valence-electron chi connectivity index (χ3n) is 5.71. The molecule has 3 aromatic carbocycles. The highest BCUT2D eigenvalue weighted by Gasteiger charge is 2.31. The Kier molecular flexibility index (Phi) is 10.6. The third-order valence-corrected chi connectivity index (χ3v) is 6.96. The van der Waals surface area contributed by atoms with Gasteiger partial charge in [0.05, 0.1) is 0 Å². The van der Waals surface area contributed by atoms with Crippen molar-refractivity contribution in [2.75, 3.05) is 6.61 Å². The van der Waals surface area contributed by atoms with E-state index < -0.39 is 6.04 Å². The lowest BCUT2D eigenvalue weighted by atomic mass is 10.0. The zero-order chi connectivity index (χ0) is 25.2. The summed E-state index contributed by atoms with van der Waals surface area (Å²) in [6.45, 7) is 4.14. The molecule has 0 aliphatic carbocycles. The molecule has 2 atom stereocenters. The molecule has 3 rings (SSSR count). The predicted octanol–water partition coefficient (Wildman–Crippen LogP) is 5.99. The average Bonchev–Trinajstić information content (AvgIpc) is 2.87. The van der Waals surface area contributed by atoms with Gasteiger partial charge in [0.15, 0.2) is 6.61 Å². The molecule has 0 aliphatic rings. The van der Waals surface area contributed by atoms with Crippen molar-refractivity contribution < 1.29 is 14.3 Å². The quantitative estimate of drug-likeness (QED) is 0.260. The van der Waals surface area contributed by atoms with Crippen molar-refractivity contribution in [1.29, 1.82) is 0 Å². The lowest BCUT2D eigenvalue weighted by Crippen LogP contribution is -2.53. The van der Waals surface area contributed by atoms with Crippen molar-refractivity contribution in [2.45, 2.75) is 45.3 Å². The fraction of sp³-hybridized carbons (Fsp3) is 0.286. The Balaban J connectivity index is 1.89. The highest BCUT2D eigenvalue weighted by atomic mass is 127. The summed E-state index contributed by atoms with van der Waals surface area (Å²) in [6.07, 6.45) is 1.22. The Morgan fingerprint density at radius 2 is 1.63 bits per heavy atom. The van der Waals surface area contributed by atoms with Crippen molar-refractivity contribution in [3.63, 3.8) is 0 Å². The second-order valence-electron chi connectivity index (χ2n) is 8.41. The predicted molar refractivity (Wildman–Crippen MR) is 151 cm³/mol. The number of hydrogen-bond acceptors (Lipinski definition) is 3. The lowest BCUT2D eigenvalue weighted by Gasteiger charge is -2.32. The molecule has 0 aromatic heterocycles. The van der Waals surface area contributed by atoms with Crippen molar-refractivity contribution in [3.8, 4) is 5.75 Å². The fourth-order valence-corrected chi connectivity index (χ4v) is 4.16. The van der Waals surface area contributed by atoms with E-state index in [-0.39, 0.29) is 24.5 Å². The van der Waals surface area contributed by atoms with Gasteiger partial charge in [-0.05, 0) is 83.5 Å². The van der Waals surface area contributed by atoms with Crippen LogP contribution in [0.15, 0.2) is 83.3 Å². The van der Waals surface area contributed by atoms with E-state index >= 15 is 0 Å². The smallest absolute Gasteiger partial charge is 0.261 e. The molecular formula is C28H30BrIN2O3. The summed E-state index contributed by atoms with van der Waals surface area (Å²) in [5, 5.41) is 3.08. The minimum absolute atomic E-state index is 0.00782. The van der Waals surface area contributed by atoms with E-state index in [4.69, 9.17) is 4.74 Å². The summed E-state index contributed by atoms with van der Waals surface area (Å²) in [5.41, 5.74) is 1.93. The number of carbonyl (C=O) groups excluding carboxylic acids is 2. The van der Waals surface area contributed by atoms with E-state index in [1.807, 2.05) is 92.7 Å². The molecule has 0 radical (unpaired) electrons. The van der Waals surface area contributed by atoms with Crippen LogP contribution >= 0.6 is 38.5 Å². The van der Waals surface area contributed by atoms with Crippen LogP contribution in [0, 0.1) is 3.57 Å². The third kappa shape index (κ3) is 8.65. The van der Waals surface area contributed by atoms with Crippen molar-refractivity contribution >= 4 is 50.3 Å². The second kappa shape index (κ2) is 13.6. The molecule has 0 unspecified atom stereocenters. The first-order valence-corrected chi connectivity index (χ1v) is 13.5. The van der Waals surface area contributed by atoms with Crippen LogP contribution in [-0.2, 0) is 22.6 Å². The molecule has 35 heavy (non-hydrogen) atoms. The molecule has 1 N–H and O–H groups in total. The normalized spacial score (nSPS) is 12.5. The standard InChI is InChI=1S/C28H30BrIN2O3/c1-3-20(2)31-28(34)26(17-21-7-5-4-6-8-21)32(18-22-9-11-23(29)12-10-22)27(33)19-35-25-15-13-24(30)14-16-25/h4-16,20,26H,3,17-19H2,1-2H3,(H,31,34)/t20-,26+/m1/s1. The number of nitrogens with zero attached hydrogens (tertiary/aromatic N) is 1. The van der Waals surface area contributed by atoms with Crippen molar-refractivity contribution in [2.24, 2.45) is 0 Å². The largest absolute Gasteiger partial charge is 0.484 e. The Bertz CT molecular complexity index is 1090. The number of carbonyl (C=O) groups is 2. The molecule has 184 valence electrons. The Morgan fingerprint density at radius 3 is 2.26 bits per heavy atom. The lowest BCUT2D eigenvalue weighted by molar-refractivity contribution is -0.143. The highest BCUT2D eigenvalue weighted by Crippen LogP contribution is 2.19. The van der Waals surface area contributed by atoms with Gasteiger partial charge in [0.25, 0.3) is 5.91 Å². The maximum absolute atomic E-state index is 13.6. The zero-order valence-corrected chi connectivity index (χ0v) is 23.7. The van der Waals surface area contributed by atoms with Gasteiger partial charge in [0.2, 0.25) is 5.91 Å². The first-order valence-electron chi connectivity index (χ1n) is 11.6. The van der Waals surface area contributed by atoms with Crippen LogP contribution in [0.1, 0.15) is 31.4 Å². The first kappa shape index (κ1) is 27.2. The Labute approximate surface area is 229 Å². The number of rotatable bonds is 11. The number of amides is 2. The molecule has 7 heteroatoms. The van der Waals surface area contributed by atoms with Gasteiger partial charge in [-0.15, -0.1) is 0 Å². The van der Waals surface area contributed by atoms with Gasteiger partial charge in [-0.2, -0.15) is 0 Å². The molecule has 0 saturated heterocycles. The molecule has 0 bridgehead atoms. The minimum Gasteiger partial charge on any atom is -0.484 e.